The summed E-state index contributed by atoms with van der Waals surface area (Å²) >= 11 is 0. The van der Waals surface area contributed by atoms with Crippen LogP contribution in [0, 0.1) is 0 Å². The minimum absolute atomic E-state index is 0.0418. The number of anilines is 1. The molecule has 0 saturated carbocycles. The first-order valence-electron chi connectivity index (χ1n) is 6.81. The van der Waals surface area contributed by atoms with E-state index in [0.717, 1.165) is 10.8 Å². The van der Waals surface area contributed by atoms with Crippen LogP contribution in [0.25, 0.3) is 21.5 Å². The van der Waals surface area contributed by atoms with Crippen molar-refractivity contribution in [2.45, 2.75) is 0 Å². The number of nitrogens with zero attached hydrogens (tertiary/aromatic N) is 2. The zero-order valence-electron chi connectivity index (χ0n) is 12.3. The molecule has 0 saturated heterocycles. The molecular weight excluding hydrogens is 280 g/mol. The van der Waals surface area contributed by atoms with Crippen LogP contribution in [0.4, 0.5) is 11.4 Å². The first kappa shape index (κ1) is 14.1. The maximum atomic E-state index is 10.3. The van der Waals surface area contributed by atoms with Crippen LogP contribution in [0.2, 0.25) is 0 Å². The molecule has 0 amide bonds. The smallest absolute Gasteiger partial charge is 0.126 e. The molecule has 0 spiro atoms. The Labute approximate surface area is 127 Å². The Morgan fingerprint density at radius 1 is 0.909 bits per heavy atom. The normalized spacial score (nSPS) is 11.5. The number of nitrogens with one attached hydrogen (secondary N) is 2. The molecule has 3 rings (SSSR count). The fraction of sp³-hybridized carbons (Fsp3) is 0.125. The third-order valence-corrected chi connectivity index (χ3v) is 3.55. The van der Waals surface area contributed by atoms with E-state index < -0.39 is 0 Å². The highest BCUT2D eigenvalue weighted by molar-refractivity contribution is 6.22. The number of rotatable bonds is 3. The topological polar surface area (TPSA) is 89.2 Å². The fourth-order valence-electron chi connectivity index (χ4n) is 2.71. The van der Waals surface area contributed by atoms with E-state index in [1.165, 1.54) is 12.1 Å². The maximum Gasteiger partial charge on any atom is 0.126 e. The van der Waals surface area contributed by atoms with E-state index in [9.17, 15) is 10.2 Å². The highest BCUT2D eigenvalue weighted by Gasteiger charge is 2.19. The minimum Gasteiger partial charge on any atom is -0.507 e. The van der Waals surface area contributed by atoms with Crippen molar-refractivity contribution in [2.24, 2.45) is 10.2 Å². The number of hydrazine groups is 1. The first-order valence-corrected chi connectivity index (χ1v) is 6.81. The quantitative estimate of drug-likeness (QED) is 0.257. The molecule has 4 N–H and O–H groups in total. The molecule has 0 unspecified atom stereocenters. The van der Waals surface area contributed by atoms with Crippen molar-refractivity contribution in [3.63, 3.8) is 0 Å². The van der Waals surface area contributed by atoms with Crippen LogP contribution in [0.5, 0.6) is 11.5 Å². The van der Waals surface area contributed by atoms with Crippen LogP contribution >= 0.6 is 0 Å². The number of azo groups is 1. The minimum atomic E-state index is 0.0418. The zero-order valence-corrected chi connectivity index (χ0v) is 12.3. The summed E-state index contributed by atoms with van der Waals surface area (Å²) < 4.78 is 0. The lowest BCUT2D eigenvalue weighted by molar-refractivity contribution is 0.469. The van der Waals surface area contributed by atoms with Gasteiger partial charge < -0.3 is 15.6 Å². The van der Waals surface area contributed by atoms with Crippen molar-refractivity contribution in [1.82, 2.24) is 5.43 Å². The Bertz CT molecular complexity index is 890. The first-order chi connectivity index (χ1) is 10.7. The molecule has 0 aliphatic carbocycles. The summed E-state index contributed by atoms with van der Waals surface area (Å²) in [6, 6.07) is 10.5. The lowest BCUT2D eigenvalue weighted by Crippen LogP contribution is -2.15. The third kappa shape index (κ3) is 2.01. The molecule has 6 heteroatoms. The molecule has 0 bridgehead atoms. The zero-order chi connectivity index (χ0) is 15.7. The standard InChI is InChI=1S/C16H16N4O2/c1-17-19-15-9-5-3-4-6-10(9)16(20-18-2)14-12(22)8-7-11(21)13(14)15/h3-8,17,19,21-22H,1-2H3. The summed E-state index contributed by atoms with van der Waals surface area (Å²) in [6.07, 6.45) is 0. The number of fused-ring (bicyclic) bond motifs is 2. The van der Waals surface area contributed by atoms with Gasteiger partial charge >= 0.3 is 0 Å². The van der Waals surface area contributed by atoms with E-state index in [1.807, 2.05) is 24.3 Å². The van der Waals surface area contributed by atoms with Crippen molar-refractivity contribution in [1.29, 1.82) is 0 Å². The number of aromatic hydroxyl groups is 2. The number of hydrogen-bond donors (Lipinski definition) is 4. The Balaban J connectivity index is 2.65. The van der Waals surface area contributed by atoms with Gasteiger partial charge in [0.05, 0.1) is 16.5 Å². The highest BCUT2D eigenvalue weighted by Crippen LogP contribution is 2.48. The molecule has 0 fully saturated rings. The van der Waals surface area contributed by atoms with Crippen LogP contribution in [0.3, 0.4) is 0 Å². The molecule has 0 aliphatic rings. The molecule has 0 radical (unpaired) electrons. The van der Waals surface area contributed by atoms with Crippen LogP contribution < -0.4 is 10.9 Å². The van der Waals surface area contributed by atoms with Gasteiger partial charge in [-0.1, -0.05) is 24.3 Å². The van der Waals surface area contributed by atoms with Crippen LogP contribution in [-0.2, 0) is 0 Å². The summed E-state index contributed by atoms with van der Waals surface area (Å²) in [4.78, 5) is 0. The van der Waals surface area contributed by atoms with Crippen LogP contribution in [0.1, 0.15) is 0 Å². The number of phenolic OH excluding ortho intramolecular Hbond substituents is 2. The van der Waals surface area contributed by atoms with E-state index in [2.05, 4.69) is 21.1 Å². The van der Waals surface area contributed by atoms with E-state index >= 15 is 0 Å². The van der Waals surface area contributed by atoms with Gasteiger partial charge in [-0.25, -0.2) is 5.43 Å². The third-order valence-electron chi connectivity index (χ3n) is 3.55. The van der Waals surface area contributed by atoms with E-state index in [1.54, 1.807) is 14.1 Å². The van der Waals surface area contributed by atoms with Crippen molar-refractivity contribution >= 4 is 32.9 Å². The van der Waals surface area contributed by atoms with Crippen molar-refractivity contribution in [3.05, 3.63) is 36.4 Å². The van der Waals surface area contributed by atoms with Crippen molar-refractivity contribution in [2.75, 3.05) is 19.5 Å². The predicted molar refractivity (Wildman–Crippen MR) is 87.9 cm³/mol. The van der Waals surface area contributed by atoms with Gasteiger partial charge in [0.1, 0.15) is 17.2 Å². The second-order valence-electron chi connectivity index (χ2n) is 4.80. The Morgan fingerprint density at radius 3 is 2.18 bits per heavy atom. The molecule has 6 nitrogen and oxygen atoms in total. The van der Waals surface area contributed by atoms with Gasteiger partial charge in [-0.05, 0) is 12.1 Å². The molecule has 0 heterocycles. The SMILES string of the molecule is CN=Nc1c2ccccc2c(NNC)c2c(O)ccc(O)c12. The summed E-state index contributed by atoms with van der Waals surface area (Å²) in [5, 5.41) is 31.3. The van der Waals surface area contributed by atoms with Gasteiger partial charge in [-0.15, -0.1) is 0 Å². The Morgan fingerprint density at radius 2 is 1.55 bits per heavy atom. The van der Waals surface area contributed by atoms with Crippen LogP contribution in [0.15, 0.2) is 46.6 Å². The summed E-state index contributed by atoms with van der Waals surface area (Å²) in [6.45, 7) is 0. The Hall–Kier alpha value is -2.86. The van der Waals surface area contributed by atoms with Gasteiger partial charge in [-0.2, -0.15) is 10.2 Å². The van der Waals surface area contributed by atoms with Crippen molar-refractivity contribution < 1.29 is 10.2 Å². The molecule has 22 heavy (non-hydrogen) atoms. The number of phenols is 2. The van der Waals surface area contributed by atoms with E-state index in [-0.39, 0.29) is 11.5 Å². The fourth-order valence-corrected chi connectivity index (χ4v) is 2.71. The molecule has 3 aromatic carbocycles. The average Bonchev–Trinajstić information content (AvgIpc) is 2.53. The maximum absolute atomic E-state index is 10.3. The molecule has 0 atom stereocenters. The molecule has 0 aromatic heterocycles. The van der Waals surface area contributed by atoms with Crippen LogP contribution in [-0.4, -0.2) is 24.3 Å². The van der Waals surface area contributed by atoms with E-state index in [4.69, 9.17) is 0 Å². The van der Waals surface area contributed by atoms with Gasteiger partial charge in [0.15, 0.2) is 0 Å². The number of benzene rings is 3. The van der Waals surface area contributed by atoms with E-state index in [0.29, 0.717) is 22.1 Å². The molecule has 112 valence electrons. The molecule has 0 aliphatic heterocycles. The second kappa shape index (κ2) is 5.50. The second-order valence-corrected chi connectivity index (χ2v) is 4.80. The van der Waals surface area contributed by atoms with Gasteiger partial charge in [0.2, 0.25) is 0 Å². The molecular formula is C16H16N4O2. The molecule has 3 aromatic rings. The number of hydrogen-bond acceptors (Lipinski definition) is 6. The summed E-state index contributed by atoms with van der Waals surface area (Å²) in [5.41, 5.74) is 7.12. The van der Waals surface area contributed by atoms with Gasteiger partial charge in [-0.3, -0.25) is 0 Å². The van der Waals surface area contributed by atoms with Gasteiger partial charge in [0.25, 0.3) is 0 Å². The summed E-state index contributed by atoms with van der Waals surface area (Å²) in [7, 11) is 3.31. The predicted octanol–water partition coefficient (Wildman–Crippen LogP) is 3.66. The summed E-state index contributed by atoms with van der Waals surface area (Å²) in [5.74, 6) is 0.101. The largest absolute Gasteiger partial charge is 0.507 e. The van der Waals surface area contributed by atoms with Gasteiger partial charge in [0, 0.05) is 24.9 Å². The highest BCUT2D eigenvalue weighted by atomic mass is 16.3. The monoisotopic (exact) mass is 296 g/mol. The van der Waals surface area contributed by atoms with Crippen molar-refractivity contribution in [3.8, 4) is 11.5 Å². The Kier molecular flexibility index (Phi) is 3.52. The lowest BCUT2D eigenvalue weighted by atomic mass is 9.97. The lowest BCUT2D eigenvalue weighted by Gasteiger charge is -2.16. The average molecular weight is 296 g/mol.